The smallest absolute Gasteiger partial charge is 0.169 e. The van der Waals surface area contributed by atoms with E-state index in [9.17, 15) is 0 Å². The van der Waals surface area contributed by atoms with E-state index in [1.807, 2.05) is 17.9 Å². The number of halogens is 1. The molecule has 1 aliphatic rings. The summed E-state index contributed by atoms with van der Waals surface area (Å²) in [4.78, 5) is 7.07. The molecular weight excluding hydrogens is 346 g/mol. The third kappa shape index (κ3) is 2.47. The van der Waals surface area contributed by atoms with E-state index in [0.29, 0.717) is 18.4 Å². The Morgan fingerprint density at radius 1 is 1.42 bits per heavy atom. The molecule has 24 heavy (non-hydrogen) atoms. The Balaban J connectivity index is 1.95. The van der Waals surface area contributed by atoms with Crippen molar-refractivity contribution in [2.45, 2.75) is 19.9 Å². The number of hydrogen-bond donors (Lipinski definition) is 0. The number of morpholine rings is 1. The zero-order valence-corrected chi connectivity index (χ0v) is 15.4. The molecule has 4 heterocycles. The molecule has 1 fully saturated rings. The van der Waals surface area contributed by atoms with Gasteiger partial charge >= 0.3 is 0 Å². The highest BCUT2D eigenvalue weighted by molar-refractivity contribution is 7.14. The molecule has 0 saturated carbocycles. The number of pyridine rings is 1. The van der Waals surface area contributed by atoms with Gasteiger partial charge in [0, 0.05) is 19.2 Å². The lowest BCUT2D eigenvalue weighted by Gasteiger charge is -2.34. The Morgan fingerprint density at radius 2 is 2.25 bits per heavy atom. The minimum absolute atomic E-state index is 0.273. The molecule has 0 aromatic carbocycles. The molecule has 0 radical (unpaired) electrons. The highest BCUT2D eigenvalue weighted by Gasteiger charge is 2.24. The molecule has 8 heteroatoms. The van der Waals surface area contributed by atoms with Crippen molar-refractivity contribution in [2.75, 3.05) is 24.7 Å². The molecule has 0 bridgehead atoms. The van der Waals surface area contributed by atoms with Crippen LogP contribution in [0.25, 0.3) is 21.5 Å². The van der Waals surface area contributed by atoms with E-state index < -0.39 is 0 Å². The molecule has 0 amide bonds. The van der Waals surface area contributed by atoms with Gasteiger partial charge in [-0.25, -0.2) is 4.98 Å². The second-order valence-corrected chi connectivity index (χ2v) is 7.23. The van der Waals surface area contributed by atoms with Gasteiger partial charge in [0.1, 0.15) is 11.3 Å². The van der Waals surface area contributed by atoms with Crippen molar-refractivity contribution in [3.8, 4) is 11.3 Å². The van der Waals surface area contributed by atoms with Crippen LogP contribution in [-0.4, -0.2) is 44.9 Å². The van der Waals surface area contributed by atoms with Crippen LogP contribution in [0, 0.1) is 6.92 Å². The van der Waals surface area contributed by atoms with Gasteiger partial charge in [0.2, 0.25) is 0 Å². The molecule has 4 rings (SSSR count). The van der Waals surface area contributed by atoms with Gasteiger partial charge in [0.05, 0.1) is 35.8 Å². The van der Waals surface area contributed by atoms with Crippen molar-refractivity contribution in [2.24, 2.45) is 7.05 Å². The van der Waals surface area contributed by atoms with Crippen LogP contribution in [0.15, 0.2) is 12.3 Å². The molecular formula is C16H18ClN5OS. The zero-order chi connectivity index (χ0) is 16.8. The normalized spacial score (nSPS) is 18.5. The fourth-order valence-electron chi connectivity index (χ4n) is 3.21. The molecule has 0 N–H and O–H groups in total. The predicted octanol–water partition coefficient (Wildman–Crippen LogP) is 3.28. The van der Waals surface area contributed by atoms with Gasteiger partial charge in [0.15, 0.2) is 5.15 Å². The molecule has 126 valence electrons. The van der Waals surface area contributed by atoms with Gasteiger partial charge in [-0.15, -0.1) is 0 Å². The lowest BCUT2D eigenvalue weighted by molar-refractivity contribution is 0.0986. The van der Waals surface area contributed by atoms with Crippen molar-refractivity contribution in [1.82, 2.24) is 19.1 Å². The molecule has 6 nitrogen and oxygen atoms in total. The van der Waals surface area contributed by atoms with Gasteiger partial charge in [0.25, 0.3) is 0 Å². The number of nitrogens with zero attached hydrogens (tertiary/aromatic N) is 5. The fraction of sp³-hybridized carbons (Fsp3) is 0.438. The maximum absolute atomic E-state index is 6.30. The summed E-state index contributed by atoms with van der Waals surface area (Å²) in [5.41, 5.74) is 4.03. The molecule has 3 aromatic heterocycles. The number of aryl methyl sites for hydroxylation is 2. The van der Waals surface area contributed by atoms with Gasteiger partial charge in [-0.1, -0.05) is 11.6 Å². The summed E-state index contributed by atoms with van der Waals surface area (Å²) in [6.07, 6.45) is 1.88. The van der Waals surface area contributed by atoms with Gasteiger partial charge < -0.3 is 9.64 Å². The van der Waals surface area contributed by atoms with Crippen LogP contribution in [0.3, 0.4) is 0 Å². The van der Waals surface area contributed by atoms with Crippen LogP contribution >= 0.6 is 23.1 Å². The Kier molecular flexibility index (Phi) is 3.94. The van der Waals surface area contributed by atoms with Crippen molar-refractivity contribution in [3.63, 3.8) is 0 Å². The number of rotatable bonds is 2. The second kappa shape index (κ2) is 5.98. The maximum Gasteiger partial charge on any atom is 0.169 e. The summed E-state index contributed by atoms with van der Waals surface area (Å²) in [5.74, 6) is 0.913. The monoisotopic (exact) mass is 363 g/mol. The number of aromatic nitrogens is 4. The van der Waals surface area contributed by atoms with Crippen molar-refractivity contribution in [3.05, 3.63) is 23.0 Å². The third-order valence-electron chi connectivity index (χ3n) is 4.41. The first-order chi connectivity index (χ1) is 11.6. The third-order valence-corrected chi connectivity index (χ3v) is 5.64. The molecule has 3 aromatic rings. The van der Waals surface area contributed by atoms with Crippen LogP contribution in [0.2, 0.25) is 5.15 Å². The summed E-state index contributed by atoms with van der Waals surface area (Å²) >= 11 is 7.69. The van der Waals surface area contributed by atoms with E-state index in [2.05, 4.69) is 34.3 Å². The molecule has 1 saturated heterocycles. The van der Waals surface area contributed by atoms with Crippen molar-refractivity contribution < 1.29 is 4.74 Å². The van der Waals surface area contributed by atoms with E-state index in [4.69, 9.17) is 21.3 Å². The SMILES string of the molecule is Cc1cnn(C)c1-c1cc(N2CCOC[C@H]2C)nc2c(Cl)nsc12. The summed E-state index contributed by atoms with van der Waals surface area (Å²) < 4.78 is 12.7. The molecule has 0 aliphatic carbocycles. The summed E-state index contributed by atoms with van der Waals surface area (Å²) in [6, 6.07) is 2.40. The van der Waals surface area contributed by atoms with E-state index >= 15 is 0 Å². The first-order valence-corrected chi connectivity index (χ1v) is 9.00. The van der Waals surface area contributed by atoms with Crippen LogP contribution in [0.5, 0.6) is 0 Å². The molecule has 0 spiro atoms. The zero-order valence-electron chi connectivity index (χ0n) is 13.8. The van der Waals surface area contributed by atoms with Crippen molar-refractivity contribution in [1.29, 1.82) is 0 Å². The quantitative estimate of drug-likeness (QED) is 0.699. The average molecular weight is 364 g/mol. The molecule has 1 atom stereocenters. The van der Waals surface area contributed by atoms with E-state index in [1.54, 1.807) is 0 Å². The summed E-state index contributed by atoms with van der Waals surface area (Å²) in [5, 5.41) is 4.83. The molecule has 1 aliphatic heterocycles. The largest absolute Gasteiger partial charge is 0.377 e. The van der Waals surface area contributed by atoms with Crippen molar-refractivity contribution >= 4 is 39.2 Å². The standard InChI is InChI=1S/C16H18ClN5OS/c1-9-7-18-21(3)14(9)11-6-12(22-4-5-23-8-10(22)2)19-13-15(11)24-20-16(13)17/h6-7,10H,4-5,8H2,1-3H3/t10-/m1/s1. The van der Waals surface area contributed by atoms with Crippen LogP contribution in [0.4, 0.5) is 5.82 Å². The summed E-state index contributed by atoms with van der Waals surface area (Å²) in [6.45, 7) is 6.44. The number of ether oxygens (including phenoxy) is 1. The highest BCUT2D eigenvalue weighted by atomic mass is 35.5. The van der Waals surface area contributed by atoms with Crippen LogP contribution < -0.4 is 4.90 Å². The van der Waals surface area contributed by atoms with E-state index in [0.717, 1.165) is 39.4 Å². The number of fused-ring (bicyclic) bond motifs is 1. The van der Waals surface area contributed by atoms with Crippen LogP contribution in [-0.2, 0) is 11.8 Å². The average Bonchev–Trinajstić information content (AvgIpc) is 3.10. The van der Waals surface area contributed by atoms with E-state index in [-0.39, 0.29) is 6.04 Å². The van der Waals surface area contributed by atoms with E-state index in [1.165, 1.54) is 11.5 Å². The topological polar surface area (TPSA) is 56.1 Å². The van der Waals surface area contributed by atoms with Gasteiger partial charge in [-0.05, 0) is 37.0 Å². The minimum Gasteiger partial charge on any atom is -0.377 e. The Labute approximate surface area is 149 Å². The first-order valence-electron chi connectivity index (χ1n) is 7.85. The second-order valence-electron chi connectivity index (χ2n) is 6.10. The maximum atomic E-state index is 6.30. The Morgan fingerprint density at radius 3 is 2.96 bits per heavy atom. The lowest BCUT2D eigenvalue weighted by Crippen LogP contribution is -2.44. The Hall–Kier alpha value is -1.70. The Bertz CT molecular complexity index is 886. The molecule has 0 unspecified atom stereocenters. The number of hydrogen-bond acceptors (Lipinski definition) is 6. The predicted molar refractivity (Wildman–Crippen MR) is 97.0 cm³/mol. The fourth-order valence-corrected chi connectivity index (χ4v) is 4.24. The lowest BCUT2D eigenvalue weighted by atomic mass is 10.1. The minimum atomic E-state index is 0.273. The van der Waals surface area contributed by atoms with Gasteiger partial charge in [-0.2, -0.15) is 9.47 Å². The van der Waals surface area contributed by atoms with Gasteiger partial charge in [-0.3, -0.25) is 4.68 Å². The first kappa shape index (κ1) is 15.8. The van der Waals surface area contributed by atoms with Crippen LogP contribution in [0.1, 0.15) is 12.5 Å². The number of anilines is 1. The highest BCUT2D eigenvalue weighted by Crippen LogP contribution is 2.38. The summed E-state index contributed by atoms with van der Waals surface area (Å²) in [7, 11) is 1.95.